The number of carbonyl (C=O) groups excluding carboxylic acids is 2. The van der Waals surface area contributed by atoms with Gasteiger partial charge in [-0.3, -0.25) is 19.5 Å². The molecule has 7 nitrogen and oxygen atoms in total. The highest BCUT2D eigenvalue weighted by atomic mass is 16.2. The lowest BCUT2D eigenvalue weighted by Gasteiger charge is -2.17. The summed E-state index contributed by atoms with van der Waals surface area (Å²) in [6.45, 7) is 2.15. The Morgan fingerprint density at radius 3 is 2.66 bits per heavy atom. The molecule has 0 radical (unpaired) electrons. The predicted molar refractivity (Wildman–Crippen MR) is 110 cm³/mol. The number of aromatic nitrogens is 2. The number of fused-ring (bicyclic) bond motifs is 1. The van der Waals surface area contributed by atoms with Crippen LogP contribution in [0.5, 0.6) is 0 Å². The number of aryl methyl sites for hydroxylation is 1. The molecule has 1 atom stereocenters. The molecule has 2 N–H and O–H groups in total. The van der Waals surface area contributed by atoms with Crippen LogP contribution in [0.25, 0.3) is 5.69 Å². The van der Waals surface area contributed by atoms with E-state index >= 15 is 0 Å². The van der Waals surface area contributed by atoms with E-state index in [2.05, 4.69) is 10.4 Å². The summed E-state index contributed by atoms with van der Waals surface area (Å²) in [5.74, 6) is 0.211. The fourth-order valence-corrected chi connectivity index (χ4v) is 4.35. The van der Waals surface area contributed by atoms with Gasteiger partial charge in [-0.25, -0.2) is 4.68 Å². The third-order valence-corrected chi connectivity index (χ3v) is 6.02. The second-order valence-electron chi connectivity index (χ2n) is 7.95. The van der Waals surface area contributed by atoms with Gasteiger partial charge >= 0.3 is 0 Å². The van der Waals surface area contributed by atoms with Crippen molar-refractivity contribution in [3.63, 3.8) is 0 Å². The monoisotopic (exact) mass is 396 g/mol. The van der Waals surface area contributed by atoms with Crippen molar-refractivity contribution in [2.75, 3.05) is 19.6 Å². The number of amides is 2. The number of carbonyl (C=O) groups is 2. The van der Waals surface area contributed by atoms with Crippen LogP contribution in [0.15, 0.2) is 35.1 Å². The summed E-state index contributed by atoms with van der Waals surface area (Å²) in [5.41, 5.74) is 2.57. The maximum Gasteiger partial charge on any atom is 0.274 e. The number of hydrogen-bond acceptors (Lipinski definition) is 3. The highest BCUT2D eigenvalue weighted by molar-refractivity contribution is 5.79. The van der Waals surface area contributed by atoms with Crippen molar-refractivity contribution in [2.45, 2.75) is 44.9 Å². The zero-order chi connectivity index (χ0) is 20.2. The average Bonchev–Trinajstić information content (AvgIpc) is 3.20. The lowest BCUT2D eigenvalue weighted by molar-refractivity contribution is -0.127. The fraction of sp³-hybridized carbons (Fsp3) is 0.500. The van der Waals surface area contributed by atoms with Gasteiger partial charge < -0.3 is 10.2 Å². The van der Waals surface area contributed by atoms with Gasteiger partial charge in [0.05, 0.1) is 5.69 Å². The van der Waals surface area contributed by atoms with Crippen molar-refractivity contribution in [1.82, 2.24) is 20.0 Å². The Hall–Kier alpha value is -2.83. The van der Waals surface area contributed by atoms with Crippen LogP contribution < -0.4 is 10.9 Å². The van der Waals surface area contributed by atoms with Gasteiger partial charge in [0.2, 0.25) is 11.8 Å². The Morgan fingerprint density at radius 2 is 1.90 bits per heavy atom. The molecule has 7 heteroatoms. The summed E-state index contributed by atoms with van der Waals surface area (Å²) in [5, 5.41) is 6.26. The second-order valence-corrected chi connectivity index (χ2v) is 7.95. The molecule has 1 aliphatic carbocycles. The molecule has 2 amide bonds. The molecule has 1 aromatic heterocycles. The summed E-state index contributed by atoms with van der Waals surface area (Å²) in [6.07, 6.45) is 5.12. The number of nitrogens with one attached hydrogen (secondary N) is 2. The van der Waals surface area contributed by atoms with Gasteiger partial charge in [-0.05, 0) is 50.7 Å². The van der Waals surface area contributed by atoms with E-state index in [4.69, 9.17) is 0 Å². The highest BCUT2D eigenvalue weighted by Crippen LogP contribution is 2.22. The Bertz CT molecular complexity index is 931. The van der Waals surface area contributed by atoms with Crippen LogP contribution in [0.4, 0.5) is 0 Å². The first-order chi connectivity index (χ1) is 14.1. The lowest BCUT2D eigenvalue weighted by Crippen LogP contribution is -2.34. The zero-order valence-corrected chi connectivity index (χ0v) is 16.7. The van der Waals surface area contributed by atoms with E-state index in [0.717, 1.165) is 42.8 Å². The second kappa shape index (κ2) is 8.68. The summed E-state index contributed by atoms with van der Waals surface area (Å²) in [6, 6.07) is 9.56. The first-order valence-electron chi connectivity index (χ1n) is 10.6. The first-order valence-corrected chi connectivity index (χ1v) is 10.6. The average molecular weight is 396 g/mol. The van der Waals surface area contributed by atoms with Gasteiger partial charge in [0.15, 0.2) is 0 Å². The number of aromatic amines is 1. The van der Waals surface area contributed by atoms with E-state index in [9.17, 15) is 14.4 Å². The van der Waals surface area contributed by atoms with Gasteiger partial charge in [-0.2, -0.15) is 0 Å². The molecular formula is C22H28N4O3. The Balaban J connectivity index is 1.30. The largest absolute Gasteiger partial charge is 0.356 e. The van der Waals surface area contributed by atoms with Crippen molar-refractivity contribution in [1.29, 1.82) is 0 Å². The lowest BCUT2D eigenvalue weighted by atomic mass is 9.99. The smallest absolute Gasteiger partial charge is 0.274 e. The molecule has 2 aromatic rings. The van der Waals surface area contributed by atoms with Crippen molar-refractivity contribution in [3.8, 4) is 5.69 Å². The molecule has 0 spiro atoms. The molecular weight excluding hydrogens is 368 g/mol. The summed E-state index contributed by atoms with van der Waals surface area (Å²) >= 11 is 0. The maximum absolute atomic E-state index is 12.8. The SMILES string of the molecule is O=C(NCCCN1CCCC1=O)C1CCc2[nH]n(-c3ccccc3)c(=O)c2CC1. The van der Waals surface area contributed by atoms with E-state index in [1.165, 1.54) is 0 Å². The van der Waals surface area contributed by atoms with E-state index in [1.807, 2.05) is 35.2 Å². The Morgan fingerprint density at radius 1 is 1.10 bits per heavy atom. The van der Waals surface area contributed by atoms with Gasteiger partial charge in [-0.15, -0.1) is 0 Å². The van der Waals surface area contributed by atoms with Crippen LogP contribution >= 0.6 is 0 Å². The van der Waals surface area contributed by atoms with Crippen molar-refractivity contribution < 1.29 is 9.59 Å². The molecule has 4 rings (SSSR count). The van der Waals surface area contributed by atoms with Crippen molar-refractivity contribution >= 4 is 11.8 Å². The van der Waals surface area contributed by atoms with Gasteiger partial charge in [-0.1, -0.05) is 18.2 Å². The molecule has 1 aromatic carbocycles. The van der Waals surface area contributed by atoms with Crippen LogP contribution in [0.3, 0.4) is 0 Å². The summed E-state index contributed by atoms with van der Waals surface area (Å²) < 4.78 is 1.60. The fourth-order valence-electron chi connectivity index (χ4n) is 4.35. The minimum Gasteiger partial charge on any atom is -0.356 e. The standard InChI is InChI=1S/C22H28N4O3/c27-20-8-4-14-25(20)15-5-13-23-21(28)16-9-11-18-19(12-10-16)24-26(22(18)29)17-6-2-1-3-7-17/h1-3,6-7,16,24H,4-5,8-15H2,(H,23,28). The number of likely N-dealkylation sites (tertiary alicyclic amines) is 1. The molecule has 0 bridgehead atoms. The van der Waals surface area contributed by atoms with Gasteiger partial charge in [0, 0.05) is 43.2 Å². The summed E-state index contributed by atoms with van der Waals surface area (Å²) in [4.78, 5) is 38.9. The maximum atomic E-state index is 12.8. The van der Waals surface area contributed by atoms with Gasteiger partial charge in [0.1, 0.15) is 0 Å². The Labute approximate surface area is 170 Å². The van der Waals surface area contributed by atoms with Crippen LogP contribution in [-0.2, 0) is 22.4 Å². The molecule has 29 heavy (non-hydrogen) atoms. The van der Waals surface area contributed by atoms with Gasteiger partial charge in [0.25, 0.3) is 5.56 Å². The van der Waals surface area contributed by atoms with Crippen LogP contribution in [0, 0.1) is 5.92 Å². The molecule has 1 aliphatic heterocycles. The quantitative estimate of drug-likeness (QED) is 0.576. The number of nitrogens with zero attached hydrogens (tertiary/aromatic N) is 2. The van der Waals surface area contributed by atoms with Crippen LogP contribution in [0.1, 0.15) is 43.4 Å². The van der Waals surface area contributed by atoms with E-state index in [0.29, 0.717) is 38.8 Å². The number of benzene rings is 1. The third kappa shape index (κ3) is 4.28. The third-order valence-electron chi connectivity index (χ3n) is 6.02. The minimum absolute atomic E-state index is 0.0115. The molecule has 2 heterocycles. The molecule has 1 fully saturated rings. The van der Waals surface area contributed by atoms with Crippen molar-refractivity contribution in [2.24, 2.45) is 5.92 Å². The predicted octanol–water partition coefficient (Wildman–Crippen LogP) is 1.79. The molecule has 1 saturated heterocycles. The topological polar surface area (TPSA) is 87.2 Å². The number of H-pyrrole nitrogens is 1. The Kier molecular flexibility index (Phi) is 5.83. The van der Waals surface area contributed by atoms with Crippen LogP contribution in [0.2, 0.25) is 0 Å². The number of hydrogen-bond donors (Lipinski definition) is 2. The highest BCUT2D eigenvalue weighted by Gasteiger charge is 2.26. The van der Waals surface area contributed by atoms with Crippen molar-refractivity contribution in [3.05, 3.63) is 51.9 Å². The molecule has 1 unspecified atom stereocenters. The number of para-hydroxylation sites is 1. The number of rotatable bonds is 6. The minimum atomic E-state index is -0.0752. The molecule has 154 valence electrons. The van der Waals surface area contributed by atoms with E-state index in [1.54, 1.807) is 4.68 Å². The molecule has 0 saturated carbocycles. The summed E-state index contributed by atoms with van der Waals surface area (Å²) in [7, 11) is 0. The zero-order valence-electron chi connectivity index (χ0n) is 16.7. The molecule has 2 aliphatic rings. The first kappa shape index (κ1) is 19.5. The normalized spacial score (nSPS) is 19.1. The van der Waals surface area contributed by atoms with E-state index < -0.39 is 0 Å². The van der Waals surface area contributed by atoms with Crippen LogP contribution in [-0.4, -0.2) is 46.1 Å². The van der Waals surface area contributed by atoms with E-state index in [-0.39, 0.29) is 23.3 Å².